The number of barbiturate groups is 1. The first-order valence-corrected chi connectivity index (χ1v) is 8.10. The van der Waals surface area contributed by atoms with E-state index in [1.807, 2.05) is 37.3 Å². The fourth-order valence-corrected chi connectivity index (χ4v) is 2.84. The van der Waals surface area contributed by atoms with E-state index in [-0.39, 0.29) is 12.1 Å². The number of rotatable bonds is 4. The predicted octanol–water partition coefficient (Wildman–Crippen LogP) is 2.72. The van der Waals surface area contributed by atoms with Gasteiger partial charge in [0.15, 0.2) is 0 Å². The van der Waals surface area contributed by atoms with Crippen LogP contribution in [-0.2, 0) is 9.59 Å². The lowest BCUT2D eigenvalue weighted by atomic mass is 10.00. The number of ether oxygens (including phenoxy) is 1. The third-order valence-electron chi connectivity index (χ3n) is 4.02. The van der Waals surface area contributed by atoms with E-state index in [0.717, 1.165) is 21.4 Å². The van der Waals surface area contributed by atoms with Gasteiger partial charge in [-0.1, -0.05) is 30.3 Å². The highest BCUT2D eigenvalue weighted by Gasteiger charge is 2.34. The summed E-state index contributed by atoms with van der Waals surface area (Å²) in [5.74, 6) is -0.531. The second-order valence-corrected chi connectivity index (χ2v) is 5.50. The molecule has 1 fully saturated rings. The van der Waals surface area contributed by atoms with Gasteiger partial charge in [0.25, 0.3) is 11.8 Å². The van der Waals surface area contributed by atoms with E-state index in [0.29, 0.717) is 12.2 Å². The second kappa shape index (κ2) is 6.76. The van der Waals surface area contributed by atoms with Crippen molar-refractivity contribution in [2.75, 3.05) is 13.2 Å². The number of urea groups is 1. The van der Waals surface area contributed by atoms with Crippen molar-refractivity contribution in [3.05, 3.63) is 47.5 Å². The molecule has 0 saturated carbocycles. The fourth-order valence-electron chi connectivity index (χ4n) is 2.84. The summed E-state index contributed by atoms with van der Waals surface area (Å²) in [5.41, 5.74) is 0.652. The van der Waals surface area contributed by atoms with Gasteiger partial charge in [-0.2, -0.15) is 0 Å². The summed E-state index contributed by atoms with van der Waals surface area (Å²) < 4.78 is 5.64. The number of carbonyl (C=O) groups excluding carboxylic acids is 3. The first-order valence-electron chi connectivity index (χ1n) is 8.10. The van der Waals surface area contributed by atoms with Crippen molar-refractivity contribution >= 4 is 34.7 Å². The SMILES string of the molecule is CCOc1ccc(/C=C2/C(=O)NC(=O)N(CC)C2=O)c2ccccc12. The van der Waals surface area contributed by atoms with Crippen LogP contribution in [0.5, 0.6) is 5.75 Å². The number of hydrogen-bond acceptors (Lipinski definition) is 4. The molecule has 0 bridgehead atoms. The third-order valence-corrected chi connectivity index (χ3v) is 4.02. The number of likely N-dealkylation sites (N-methyl/N-ethyl adjacent to an activating group) is 1. The average molecular weight is 338 g/mol. The van der Waals surface area contributed by atoms with Crippen LogP contribution in [0.4, 0.5) is 4.79 Å². The van der Waals surface area contributed by atoms with Crippen molar-refractivity contribution in [2.45, 2.75) is 13.8 Å². The van der Waals surface area contributed by atoms with Gasteiger partial charge < -0.3 is 4.74 Å². The molecular formula is C19H18N2O4. The summed E-state index contributed by atoms with van der Waals surface area (Å²) in [6.07, 6.45) is 1.52. The molecule has 3 rings (SSSR count). The molecule has 0 radical (unpaired) electrons. The minimum absolute atomic E-state index is 0.0595. The van der Waals surface area contributed by atoms with E-state index in [1.165, 1.54) is 6.08 Å². The van der Waals surface area contributed by atoms with Crippen LogP contribution in [0.15, 0.2) is 42.0 Å². The zero-order chi connectivity index (χ0) is 18.0. The van der Waals surface area contributed by atoms with Gasteiger partial charge in [0.05, 0.1) is 6.61 Å². The lowest BCUT2D eigenvalue weighted by Crippen LogP contribution is -2.53. The average Bonchev–Trinajstić information content (AvgIpc) is 2.60. The maximum absolute atomic E-state index is 12.4. The van der Waals surface area contributed by atoms with E-state index in [9.17, 15) is 14.4 Å². The Hall–Kier alpha value is -3.15. The van der Waals surface area contributed by atoms with Gasteiger partial charge in [0.2, 0.25) is 0 Å². The topological polar surface area (TPSA) is 75.7 Å². The van der Waals surface area contributed by atoms with Gasteiger partial charge in [0.1, 0.15) is 11.3 Å². The van der Waals surface area contributed by atoms with Crippen molar-refractivity contribution in [2.24, 2.45) is 0 Å². The molecule has 1 N–H and O–H groups in total. The van der Waals surface area contributed by atoms with Gasteiger partial charge in [-0.05, 0) is 36.9 Å². The number of fused-ring (bicyclic) bond motifs is 1. The Morgan fingerprint density at radius 2 is 1.76 bits per heavy atom. The summed E-state index contributed by atoms with van der Waals surface area (Å²) in [4.78, 5) is 37.3. The van der Waals surface area contributed by atoms with Gasteiger partial charge >= 0.3 is 6.03 Å². The quantitative estimate of drug-likeness (QED) is 0.687. The Morgan fingerprint density at radius 1 is 1.04 bits per heavy atom. The number of amides is 4. The van der Waals surface area contributed by atoms with Crippen LogP contribution in [0.3, 0.4) is 0 Å². The molecule has 0 unspecified atom stereocenters. The molecule has 1 heterocycles. The Kier molecular flexibility index (Phi) is 4.52. The van der Waals surface area contributed by atoms with Crippen molar-refractivity contribution in [3.8, 4) is 5.75 Å². The minimum Gasteiger partial charge on any atom is -0.493 e. The third kappa shape index (κ3) is 2.98. The first kappa shape index (κ1) is 16.7. The summed E-state index contributed by atoms with van der Waals surface area (Å²) in [6, 6.07) is 10.5. The summed E-state index contributed by atoms with van der Waals surface area (Å²) in [5, 5.41) is 3.95. The van der Waals surface area contributed by atoms with Gasteiger partial charge in [-0.3, -0.25) is 19.8 Å². The van der Waals surface area contributed by atoms with Crippen molar-refractivity contribution in [3.63, 3.8) is 0 Å². The van der Waals surface area contributed by atoms with Crippen LogP contribution in [0.2, 0.25) is 0 Å². The number of nitrogens with zero attached hydrogens (tertiary/aromatic N) is 1. The van der Waals surface area contributed by atoms with Crippen molar-refractivity contribution < 1.29 is 19.1 Å². The molecule has 25 heavy (non-hydrogen) atoms. The zero-order valence-corrected chi connectivity index (χ0v) is 14.0. The predicted molar refractivity (Wildman–Crippen MR) is 94.0 cm³/mol. The van der Waals surface area contributed by atoms with Crippen LogP contribution in [0, 0.1) is 0 Å². The molecule has 0 aromatic heterocycles. The Labute approximate surface area is 145 Å². The molecule has 0 aliphatic carbocycles. The highest BCUT2D eigenvalue weighted by molar-refractivity contribution is 6.31. The molecule has 0 spiro atoms. The highest BCUT2D eigenvalue weighted by Crippen LogP contribution is 2.30. The van der Waals surface area contributed by atoms with E-state index in [1.54, 1.807) is 13.0 Å². The number of hydrogen-bond donors (Lipinski definition) is 1. The maximum atomic E-state index is 12.4. The molecule has 128 valence electrons. The zero-order valence-electron chi connectivity index (χ0n) is 14.0. The smallest absolute Gasteiger partial charge is 0.331 e. The highest BCUT2D eigenvalue weighted by atomic mass is 16.5. The Bertz CT molecular complexity index is 901. The van der Waals surface area contributed by atoms with Crippen LogP contribution in [-0.4, -0.2) is 35.9 Å². The summed E-state index contributed by atoms with van der Waals surface area (Å²) in [6.45, 7) is 4.32. The van der Waals surface area contributed by atoms with Gasteiger partial charge in [-0.15, -0.1) is 0 Å². The van der Waals surface area contributed by atoms with Crippen molar-refractivity contribution in [1.82, 2.24) is 10.2 Å². The molecule has 6 nitrogen and oxygen atoms in total. The second-order valence-electron chi connectivity index (χ2n) is 5.50. The fraction of sp³-hybridized carbons (Fsp3) is 0.211. The number of carbonyl (C=O) groups is 3. The number of benzene rings is 2. The monoisotopic (exact) mass is 338 g/mol. The Balaban J connectivity index is 2.12. The standard InChI is InChI=1S/C19H18N2O4/c1-3-21-18(23)15(17(22)20-19(21)24)11-12-9-10-16(25-4-2)14-8-6-5-7-13(12)14/h5-11H,3-4H2,1-2H3,(H,20,22,24)/b15-11-. The molecule has 6 heteroatoms. The molecule has 2 aromatic carbocycles. The summed E-state index contributed by atoms with van der Waals surface area (Å²) in [7, 11) is 0. The lowest BCUT2D eigenvalue weighted by molar-refractivity contribution is -0.129. The normalized spacial score (nSPS) is 16.5. The molecule has 1 saturated heterocycles. The van der Waals surface area contributed by atoms with Crippen molar-refractivity contribution in [1.29, 1.82) is 0 Å². The van der Waals surface area contributed by atoms with Gasteiger partial charge in [0, 0.05) is 11.9 Å². The molecule has 1 aliphatic rings. The number of nitrogens with one attached hydrogen (secondary N) is 1. The van der Waals surface area contributed by atoms with E-state index in [2.05, 4.69) is 5.32 Å². The van der Waals surface area contributed by atoms with Crippen LogP contribution >= 0.6 is 0 Å². The Morgan fingerprint density at radius 3 is 2.44 bits per heavy atom. The van der Waals surface area contributed by atoms with Crippen LogP contribution < -0.4 is 10.1 Å². The van der Waals surface area contributed by atoms with Gasteiger partial charge in [-0.25, -0.2) is 4.79 Å². The summed E-state index contributed by atoms with van der Waals surface area (Å²) >= 11 is 0. The van der Waals surface area contributed by atoms with Crippen LogP contribution in [0.1, 0.15) is 19.4 Å². The maximum Gasteiger partial charge on any atom is 0.331 e. The molecule has 2 aromatic rings. The van der Waals surface area contributed by atoms with E-state index < -0.39 is 17.8 Å². The minimum atomic E-state index is -0.689. The molecule has 1 aliphatic heterocycles. The molecular weight excluding hydrogens is 320 g/mol. The number of imide groups is 2. The molecule has 4 amide bonds. The van der Waals surface area contributed by atoms with Crippen LogP contribution in [0.25, 0.3) is 16.8 Å². The van der Waals surface area contributed by atoms with E-state index in [4.69, 9.17) is 4.74 Å². The van der Waals surface area contributed by atoms with E-state index >= 15 is 0 Å². The lowest BCUT2D eigenvalue weighted by Gasteiger charge is -2.25. The largest absolute Gasteiger partial charge is 0.493 e. The first-order chi connectivity index (χ1) is 12.1. The molecule has 0 atom stereocenters.